The van der Waals surface area contributed by atoms with Crippen LogP contribution in [0.4, 0.5) is 0 Å². The van der Waals surface area contributed by atoms with Gasteiger partial charge in [-0.3, -0.25) is 0 Å². The summed E-state index contributed by atoms with van der Waals surface area (Å²) in [6, 6.07) is 6.83. The highest BCUT2D eigenvalue weighted by atomic mass is 35.5. The summed E-state index contributed by atoms with van der Waals surface area (Å²) in [7, 11) is 3.74. The first-order valence-electron chi connectivity index (χ1n) is 8.32. The molecule has 0 amide bonds. The molecule has 8 heteroatoms. The first-order chi connectivity index (χ1) is 11.7. The first-order valence-corrected chi connectivity index (χ1v) is 8.32. The quantitative estimate of drug-likeness (QED) is 0.544. The molecule has 1 aromatic heterocycles. The highest BCUT2D eigenvalue weighted by Gasteiger charge is 2.15. The molecule has 2 aromatic rings. The molecule has 6 nitrogen and oxygen atoms in total. The molecule has 1 fully saturated rings. The van der Waals surface area contributed by atoms with Crippen molar-refractivity contribution in [3.8, 4) is 11.5 Å². The van der Waals surface area contributed by atoms with E-state index in [0.717, 1.165) is 44.5 Å². The normalized spacial score (nSPS) is 15.2. The number of fused-ring (bicyclic) bond motifs is 1. The minimum absolute atomic E-state index is 0. The Morgan fingerprint density at radius 3 is 2.46 bits per heavy atom. The van der Waals surface area contributed by atoms with E-state index in [-0.39, 0.29) is 24.8 Å². The van der Waals surface area contributed by atoms with E-state index in [2.05, 4.69) is 16.8 Å². The molecule has 1 aliphatic rings. The monoisotopic (exact) mass is 404 g/mol. The van der Waals surface area contributed by atoms with Crippen LogP contribution in [0.15, 0.2) is 33.5 Å². The van der Waals surface area contributed by atoms with Crippen LogP contribution in [0.1, 0.15) is 6.42 Å². The summed E-state index contributed by atoms with van der Waals surface area (Å²) in [6.07, 6.45) is 0.917. The predicted molar refractivity (Wildman–Crippen MR) is 108 cm³/mol. The van der Waals surface area contributed by atoms with E-state index in [1.165, 1.54) is 6.07 Å². The van der Waals surface area contributed by atoms with Gasteiger partial charge in [0.1, 0.15) is 0 Å². The van der Waals surface area contributed by atoms with Gasteiger partial charge < -0.3 is 23.7 Å². The molecule has 1 aromatic carbocycles. The first kappa shape index (κ1) is 22.6. The van der Waals surface area contributed by atoms with Crippen LogP contribution in [0.5, 0.6) is 11.5 Å². The summed E-state index contributed by atoms with van der Waals surface area (Å²) < 4.78 is 16.6. The molecule has 0 aliphatic carbocycles. The van der Waals surface area contributed by atoms with Crippen LogP contribution in [0, 0.1) is 0 Å². The number of rotatable bonds is 6. The maximum absolute atomic E-state index is 11.5. The summed E-state index contributed by atoms with van der Waals surface area (Å²) in [5.41, 5.74) is 0.0551. The lowest BCUT2D eigenvalue weighted by molar-refractivity contribution is 0.145. The van der Waals surface area contributed by atoms with Crippen LogP contribution in [0.3, 0.4) is 0 Å². The molecule has 0 saturated carbocycles. The van der Waals surface area contributed by atoms with Gasteiger partial charge in [0.25, 0.3) is 0 Å². The third kappa shape index (κ3) is 5.51. The van der Waals surface area contributed by atoms with Crippen molar-refractivity contribution in [3.63, 3.8) is 0 Å². The molecule has 26 heavy (non-hydrogen) atoms. The highest BCUT2D eigenvalue weighted by Crippen LogP contribution is 2.34. The van der Waals surface area contributed by atoms with Crippen molar-refractivity contribution in [2.45, 2.75) is 6.42 Å². The molecule has 0 atom stereocenters. The molecule has 3 rings (SSSR count). The number of hydrogen-bond acceptors (Lipinski definition) is 6. The summed E-state index contributed by atoms with van der Waals surface area (Å²) in [5.74, 6) is 1.09. The number of halogens is 2. The number of benzene rings is 1. The molecule has 1 aliphatic heterocycles. The Labute approximate surface area is 165 Å². The van der Waals surface area contributed by atoms with Crippen molar-refractivity contribution >= 4 is 35.8 Å². The van der Waals surface area contributed by atoms with Crippen molar-refractivity contribution < 1.29 is 13.9 Å². The Hall–Kier alpha value is -1.47. The van der Waals surface area contributed by atoms with Gasteiger partial charge in [0.2, 0.25) is 5.75 Å². The maximum Gasteiger partial charge on any atom is 0.336 e. The summed E-state index contributed by atoms with van der Waals surface area (Å²) >= 11 is 0. The van der Waals surface area contributed by atoms with Gasteiger partial charge in [-0.05, 0) is 31.7 Å². The number of hydrogen-bond donors (Lipinski definition) is 0. The minimum atomic E-state index is -0.391. The van der Waals surface area contributed by atoms with E-state index in [4.69, 9.17) is 13.9 Å². The van der Waals surface area contributed by atoms with Crippen LogP contribution in [0.2, 0.25) is 0 Å². The summed E-state index contributed by atoms with van der Waals surface area (Å²) in [4.78, 5) is 16.3. The molecule has 1 saturated heterocycles. The van der Waals surface area contributed by atoms with Gasteiger partial charge in [0, 0.05) is 44.2 Å². The number of piperazine rings is 1. The van der Waals surface area contributed by atoms with E-state index in [1.807, 2.05) is 12.1 Å². The average molecular weight is 405 g/mol. The van der Waals surface area contributed by atoms with Crippen LogP contribution >= 0.6 is 24.8 Å². The van der Waals surface area contributed by atoms with Gasteiger partial charge >= 0.3 is 5.63 Å². The number of ether oxygens (including phenoxy) is 2. The number of nitrogens with zero attached hydrogens (tertiary/aromatic N) is 2. The Morgan fingerprint density at radius 2 is 1.77 bits per heavy atom. The Balaban J connectivity index is 0.00000169. The molecular formula is C18H26Cl2N2O4. The Morgan fingerprint density at radius 1 is 1.08 bits per heavy atom. The van der Waals surface area contributed by atoms with Crippen molar-refractivity contribution in [2.75, 3.05) is 53.5 Å². The Bertz CT molecular complexity index is 746. The van der Waals surface area contributed by atoms with Crippen LogP contribution < -0.4 is 15.1 Å². The lowest BCUT2D eigenvalue weighted by Crippen LogP contribution is -2.44. The fraction of sp³-hybridized carbons (Fsp3) is 0.500. The van der Waals surface area contributed by atoms with Crippen molar-refractivity contribution in [1.29, 1.82) is 0 Å². The van der Waals surface area contributed by atoms with Crippen LogP contribution in [-0.2, 0) is 0 Å². The smallest absolute Gasteiger partial charge is 0.336 e. The van der Waals surface area contributed by atoms with Gasteiger partial charge in [-0.25, -0.2) is 4.79 Å². The lowest BCUT2D eigenvalue weighted by Gasteiger charge is -2.32. The summed E-state index contributed by atoms with van der Waals surface area (Å²) in [6.45, 7) is 5.99. The topological polar surface area (TPSA) is 55.2 Å². The molecule has 0 unspecified atom stereocenters. The number of likely N-dealkylation sites (N-methyl/N-ethyl adjacent to an activating group) is 1. The average Bonchev–Trinajstić information content (AvgIpc) is 2.60. The van der Waals surface area contributed by atoms with Crippen LogP contribution in [0.25, 0.3) is 11.0 Å². The second-order valence-corrected chi connectivity index (χ2v) is 6.12. The second-order valence-electron chi connectivity index (χ2n) is 6.12. The third-order valence-corrected chi connectivity index (χ3v) is 4.39. The number of methoxy groups -OCH3 is 1. The van der Waals surface area contributed by atoms with Crippen molar-refractivity contribution in [3.05, 3.63) is 34.7 Å². The molecule has 0 bridgehead atoms. The molecule has 2 heterocycles. The molecule has 0 radical (unpaired) electrons. The molecule has 0 N–H and O–H groups in total. The Kier molecular flexibility index (Phi) is 9.22. The van der Waals surface area contributed by atoms with Crippen LogP contribution in [-0.4, -0.2) is 63.3 Å². The third-order valence-electron chi connectivity index (χ3n) is 4.39. The van der Waals surface area contributed by atoms with Gasteiger partial charge in [-0.1, -0.05) is 0 Å². The molecule has 0 spiro atoms. The maximum atomic E-state index is 11.5. The van der Waals surface area contributed by atoms with E-state index in [0.29, 0.717) is 23.7 Å². The van der Waals surface area contributed by atoms with Gasteiger partial charge in [0.15, 0.2) is 11.3 Å². The van der Waals surface area contributed by atoms with E-state index < -0.39 is 5.63 Å². The summed E-state index contributed by atoms with van der Waals surface area (Å²) in [5, 5.41) is 0.824. The van der Waals surface area contributed by atoms with Crippen molar-refractivity contribution in [1.82, 2.24) is 9.80 Å². The lowest BCUT2D eigenvalue weighted by atomic mass is 10.2. The second kappa shape index (κ2) is 10.6. The zero-order valence-corrected chi connectivity index (χ0v) is 16.7. The van der Waals surface area contributed by atoms with E-state index >= 15 is 0 Å². The van der Waals surface area contributed by atoms with Gasteiger partial charge in [-0.2, -0.15) is 0 Å². The SMILES string of the molecule is COc1ccc2ccc(=O)oc2c1OCCCN1CCN(C)CC1.Cl.Cl. The largest absolute Gasteiger partial charge is 0.493 e. The fourth-order valence-electron chi connectivity index (χ4n) is 2.92. The zero-order valence-electron chi connectivity index (χ0n) is 15.1. The van der Waals surface area contributed by atoms with Gasteiger partial charge in [0.05, 0.1) is 13.7 Å². The zero-order chi connectivity index (χ0) is 16.9. The molecular weight excluding hydrogens is 379 g/mol. The highest BCUT2D eigenvalue weighted by molar-refractivity contribution is 5.86. The minimum Gasteiger partial charge on any atom is -0.493 e. The van der Waals surface area contributed by atoms with E-state index in [1.54, 1.807) is 13.2 Å². The van der Waals surface area contributed by atoms with Gasteiger partial charge in [-0.15, -0.1) is 24.8 Å². The standard InChI is InChI=1S/C18H24N2O4.2ClH/c1-19-9-11-20(12-10-19)8-3-13-23-18-15(22-2)6-4-14-5-7-16(21)24-17(14)18;;/h4-7H,3,8-13H2,1-2H3;2*1H. The molecule has 146 valence electrons. The van der Waals surface area contributed by atoms with Crippen molar-refractivity contribution in [2.24, 2.45) is 0 Å². The van der Waals surface area contributed by atoms with E-state index in [9.17, 15) is 4.79 Å². The predicted octanol–water partition coefficient (Wildman–Crippen LogP) is 2.66. The fourth-order valence-corrected chi connectivity index (χ4v) is 2.92.